The number of terminal acetylenes is 1. The standard InChI is InChI=1S/C13H22N2O3S/c1-6-8-19-9-7-14-11(18)15-13(4,5)12(2,3)10(16)17/h1H,7-9H2,2-5H3,(H,16,17)(H2,14,15,18). The van der Waals surface area contributed by atoms with Crippen molar-refractivity contribution in [1.82, 2.24) is 10.6 Å². The monoisotopic (exact) mass is 286 g/mol. The minimum absolute atomic E-state index is 0.374. The summed E-state index contributed by atoms with van der Waals surface area (Å²) in [5.74, 6) is 2.87. The molecule has 0 spiro atoms. The Morgan fingerprint density at radius 1 is 1.32 bits per heavy atom. The third-order valence-electron chi connectivity index (χ3n) is 3.24. The summed E-state index contributed by atoms with van der Waals surface area (Å²) in [6.45, 7) is 7.03. The molecule has 0 aliphatic carbocycles. The van der Waals surface area contributed by atoms with Crippen LogP contribution in [0.3, 0.4) is 0 Å². The lowest BCUT2D eigenvalue weighted by molar-refractivity contribution is -0.150. The number of carboxylic acids is 1. The molecule has 19 heavy (non-hydrogen) atoms. The van der Waals surface area contributed by atoms with E-state index >= 15 is 0 Å². The number of aliphatic carboxylic acids is 1. The summed E-state index contributed by atoms with van der Waals surface area (Å²) in [5, 5.41) is 14.5. The average molecular weight is 286 g/mol. The number of urea groups is 1. The molecule has 5 nitrogen and oxygen atoms in total. The molecule has 0 aromatic heterocycles. The molecule has 0 aliphatic heterocycles. The van der Waals surface area contributed by atoms with Gasteiger partial charge in [-0.15, -0.1) is 18.2 Å². The Hall–Kier alpha value is -1.35. The Kier molecular flexibility index (Phi) is 6.77. The van der Waals surface area contributed by atoms with E-state index in [1.807, 2.05) is 0 Å². The Labute approximate surface area is 118 Å². The van der Waals surface area contributed by atoms with Gasteiger partial charge in [0.05, 0.1) is 16.7 Å². The van der Waals surface area contributed by atoms with Crippen LogP contribution in [0.5, 0.6) is 0 Å². The van der Waals surface area contributed by atoms with Gasteiger partial charge in [0, 0.05) is 12.3 Å². The first kappa shape index (κ1) is 17.6. The average Bonchev–Trinajstić information content (AvgIpc) is 2.27. The van der Waals surface area contributed by atoms with E-state index in [2.05, 4.69) is 16.6 Å². The van der Waals surface area contributed by atoms with E-state index in [9.17, 15) is 9.59 Å². The Morgan fingerprint density at radius 3 is 2.37 bits per heavy atom. The zero-order valence-corrected chi connectivity index (χ0v) is 12.7. The van der Waals surface area contributed by atoms with Gasteiger partial charge >= 0.3 is 12.0 Å². The van der Waals surface area contributed by atoms with Crippen LogP contribution in [0.2, 0.25) is 0 Å². The molecule has 6 heteroatoms. The molecule has 108 valence electrons. The van der Waals surface area contributed by atoms with Gasteiger partial charge in [0.25, 0.3) is 0 Å². The van der Waals surface area contributed by atoms with Gasteiger partial charge in [-0.05, 0) is 27.7 Å². The van der Waals surface area contributed by atoms with Crippen LogP contribution in [0.25, 0.3) is 0 Å². The molecule has 0 fully saturated rings. The first-order valence-corrected chi connectivity index (χ1v) is 7.11. The molecule has 0 radical (unpaired) electrons. The molecule has 0 heterocycles. The Morgan fingerprint density at radius 2 is 1.89 bits per heavy atom. The first-order valence-electron chi connectivity index (χ1n) is 5.95. The van der Waals surface area contributed by atoms with E-state index in [1.165, 1.54) is 0 Å². The molecule has 0 bridgehead atoms. The van der Waals surface area contributed by atoms with Crippen molar-refractivity contribution in [3.05, 3.63) is 0 Å². The number of hydrogen-bond acceptors (Lipinski definition) is 3. The molecule has 0 aromatic carbocycles. The van der Waals surface area contributed by atoms with Gasteiger partial charge in [-0.1, -0.05) is 5.92 Å². The van der Waals surface area contributed by atoms with Crippen molar-refractivity contribution < 1.29 is 14.7 Å². The van der Waals surface area contributed by atoms with Crippen molar-refractivity contribution in [2.75, 3.05) is 18.1 Å². The van der Waals surface area contributed by atoms with Crippen molar-refractivity contribution >= 4 is 23.8 Å². The summed E-state index contributed by atoms with van der Waals surface area (Å²) in [7, 11) is 0. The van der Waals surface area contributed by atoms with Gasteiger partial charge in [0.15, 0.2) is 0 Å². The van der Waals surface area contributed by atoms with E-state index in [0.29, 0.717) is 12.3 Å². The molecule has 0 saturated heterocycles. The predicted molar refractivity (Wildman–Crippen MR) is 78.2 cm³/mol. The SMILES string of the molecule is C#CCSCCNC(=O)NC(C)(C)C(C)(C)C(=O)O. The van der Waals surface area contributed by atoms with Gasteiger partial charge < -0.3 is 15.7 Å². The van der Waals surface area contributed by atoms with Gasteiger partial charge in [0.1, 0.15) is 0 Å². The van der Waals surface area contributed by atoms with Gasteiger partial charge in [-0.3, -0.25) is 4.79 Å². The third-order valence-corrected chi connectivity index (χ3v) is 4.10. The summed E-state index contributed by atoms with van der Waals surface area (Å²) < 4.78 is 0. The smallest absolute Gasteiger partial charge is 0.315 e. The number of rotatable bonds is 7. The van der Waals surface area contributed by atoms with E-state index < -0.39 is 16.9 Å². The zero-order valence-electron chi connectivity index (χ0n) is 11.9. The van der Waals surface area contributed by atoms with Crippen LogP contribution in [0.1, 0.15) is 27.7 Å². The number of carbonyl (C=O) groups excluding carboxylic acids is 1. The van der Waals surface area contributed by atoms with Crippen LogP contribution < -0.4 is 10.6 Å². The lowest BCUT2D eigenvalue weighted by atomic mass is 9.74. The molecular weight excluding hydrogens is 264 g/mol. The Balaban J connectivity index is 4.25. The normalized spacial score (nSPS) is 11.5. The highest BCUT2D eigenvalue weighted by Crippen LogP contribution is 2.30. The van der Waals surface area contributed by atoms with E-state index in [-0.39, 0.29) is 6.03 Å². The van der Waals surface area contributed by atoms with Crippen molar-refractivity contribution in [2.45, 2.75) is 33.2 Å². The maximum Gasteiger partial charge on any atom is 0.315 e. The maximum absolute atomic E-state index is 11.7. The summed E-state index contributed by atoms with van der Waals surface area (Å²) in [4.78, 5) is 22.9. The highest BCUT2D eigenvalue weighted by atomic mass is 32.2. The number of nitrogens with one attached hydrogen (secondary N) is 2. The van der Waals surface area contributed by atoms with E-state index in [1.54, 1.807) is 39.5 Å². The Bertz CT molecular complexity index is 373. The zero-order chi connectivity index (χ0) is 15.1. The lowest BCUT2D eigenvalue weighted by Crippen LogP contribution is -2.59. The van der Waals surface area contributed by atoms with E-state index in [4.69, 9.17) is 11.5 Å². The van der Waals surface area contributed by atoms with Crippen LogP contribution in [0, 0.1) is 17.8 Å². The summed E-state index contributed by atoms with van der Waals surface area (Å²) in [6, 6.07) is -0.374. The summed E-state index contributed by atoms with van der Waals surface area (Å²) in [6.07, 6.45) is 5.10. The molecule has 0 atom stereocenters. The second-order valence-electron chi connectivity index (χ2n) is 5.19. The van der Waals surface area contributed by atoms with Crippen LogP contribution in [0.15, 0.2) is 0 Å². The molecule has 0 aromatic rings. The van der Waals surface area contributed by atoms with Crippen molar-refractivity contribution in [2.24, 2.45) is 5.41 Å². The van der Waals surface area contributed by atoms with Crippen molar-refractivity contribution in [3.8, 4) is 12.3 Å². The van der Waals surface area contributed by atoms with Crippen molar-refractivity contribution in [1.29, 1.82) is 0 Å². The first-order chi connectivity index (χ1) is 8.65. The minimum Gasteiger partial charge on any atom is -0.481 e. The molecule has 3 N–H and O–H groups in total. The van der Waals surface area contributed by atoms with Crippen molar-refractivity contribution in [3.63, 3.8) is 0 Å². The maximum atomic E-state index is 11.7. The fourth-order valence-electron chi connectivity index (χ4n) is 1.12. The second-order valence-corrected chi connectivity index (χ2v) is 6.30. The number of hydrogen-bond donors (Lipinski definition) is 3. The number of carboxylic acid groups (broad SMARTS) is 1. The molecule has 0 saturated carbocycles. The molecule has 0 rings (SSSR count). The van der Waals surface area contributed by atoms with Gasteiger partial charge in [-0.25, -0.2) is 4.79 Å². The fraction of sp³-hybridized carbons (Fsp3) is 0.692. The number of thioether (sulfide) groups is 1. The fourth-order valence-corrected chi connectivity index (χ4v) is 1.63. The van der Waals surface area contributed by atoms with Crippen LogP contribution in [-0.2, 0) is 4.79 Å². The highest BCUT2D eigenvalue weighted by molar-refractivity contribution is 7.99. The van der Waals surface area contributed by atoms with E-state index in [0.717, 1.165) is 5.75 Å². The highest BCUT2D eigenvalue weighted by Gasteiger charge is 2.44. The largest absolute Gasteiger partial charge is 0.481 e. The quantitative estimate of drug-likeness (QED) is 0.490. The number of carbonyl (C=O) groups is 2. The number of amides is 2. The molecule has 0 aliphatic rings. The van der Waals surface area contributed by atoms with Gasteiger partial charge in [0.2, 0.25) is 0 Å². The summed E-state index contributed by atoms with van der Waals surface area (Å²) >= 11 is 1.55. The second kappa shape index (κ2) is 7.29. The summed E-state index contributed by atoms with van der Waals surface area (Å²) in [5.41, 5.74) is -1.93. The van der Waals surface area contributed by atoms with Crippen LogP contribution in [-0.4, -0.2) is 40.7 Å². The van der Waals surface area contributed by atoms with Crippen LogP contribution >= 0.6 is 11.8 Å². The minimum atomic E-state index is -1.07. The van der Waals surface area contributed by atoms with Gasteiger partial charge in [-0.2, -0.15) is 0 Å². The predicted octanol–water partition coefficient (Wildman–Crippen LogP) is 1.54. The molecule has 0 unspecified atom stereocenters. The molecular formula is C13H22N2O3S. The third kappa shape index (κ3) is 5.43. The topological polar surface area (TPSA) is 78.4 Å². The lowest BCUT2D eigenvalue weighted by Gasteiger charge is -2.38. The molecule has 2 amide bonds. The van der Waals surface area contributed by atoms with Crippen LogP contribution in [0.4, 0.5) is 4.79 Å².